The van der Waals surface area contributed by atoms with Gasteiger partial charge in [-0.25, -0.2) is 0 Å². The second-order valence-electron chi connectivity index (χ2n) is 6.55. The topological polar surface area (TPSA) is 72.2 Å². The standard InChI is InChI=1S/C20H22N2O2/c1-12-8-9-15(10-13(12)2)16-11-17(16)20(24)22-18(19(21)23)14-6-4-3-5-7-14/h3-10,16-18H,11H2,1-2H3,(H2,21,23)(H,22,24)/t16-,17-,18-/m0/s1. The third kappa shape index (κ3) is 3.32. The summed E-state index contributed by atoms with van der Waals surface area (Å²) in [7, 11) is 0. The monoisotopic (exact) mass is 322 g/mol. The average molecular weight is 322 g/mol. The van der Waals surface area contributed by atoms with E-state index in [-0.39, 0.29) is 17.7 Å². The highest BCUT2D eigenvalue weighted by Crippen LogP contribution is 2.48. The maximum Gasteiger partial charge on any atom is 0.244 e. The molecule has 0 radical (unpaired) electrons. The van der Waals surface area contributed by atoms with Crippen molar-refractivity contribution in [2.24, 2.45) is 11.7 Å². The lowest BCUT2D eigenvalue weighted by atomic mass is 10.0. The lowest BCUT2D eigenvalue weighted by molar-refractivity contribution is -0.128. The fourth-order valence-corrected chi connectivity index (χ4v) is 3.06. The van der Waals surface area contributed by atoms with Crippen LogP contribution in [0, 0.1) is 19.8 Å². The zero-order valence-corrected chi connectivity index (χ0v) is 14.0. The van der Waals surface area contributed by atoms with Crippen LogP contribution in [0.1, 0.15) is 40.6 Å². The number of benzene rings is 2. The highest BCUT2D eigenvalue weighted by Gasteiger charge is 2.44. The Bertz CT molecular complexity index is 770. The van der Waals surface area contributed by atoms with Gasteiger partial charge in [0, 0.05) is 5.92 Å². The van der Waals surface area contributed by atoms with Gasteiger partial charge in [0.15, 0.2) is 0 Å². The predicted octanol–water partition coefficient (Wildman–Crippen LogP) is 2.75. The molecule has 4 heteroatoms. The van der Waals surface area contributed by atoms with Gasteiger partial charge in [-0.15, -0.1) is 0 Å². The van der Waals surface area contributed by atoms with Gasteiger partial charge in [-0.1, -0.05) is 48.5 Å². The molecule has 2 amide bonds. The smallest absolute Gasteiger partial charge is 0.244 e. The lowest BCUT2D eigenvalue weighted by Crippen LogP contribution is -2.38. The summed E-state index contributed by atoms with van der Waals surface area (Å²) in [5.41, 5.74) is 9.85. The number of primary amides is 1. The van der Waals surface area contributed by atoms with Gasteiger partial charge >= 0.3 is 0 Å². The van der Waals surface area contributed by atoms with Gasteiger partial charge < -0.3 is 11.1 Å². The van der Waals surface area contributed by atoms with Gasteiger partial charge in [-0.05, 0) is 48.4 Å². The molecule has 0 heterocycles. The minimum atomic E-state index is -0.778. The van der Waals surface area contributed by atoms with Crippen molar-refractivity contribution in [2.45, 2.75) is 32.2 Å². The SMILES string of the molecule is Cc1ccc([C@@H]2C[C@@H]2C(=O)N[C@H](C(N)=O)c2ccccc2)cc1C. The van der Waals surface area contributed by atoms with Gasteiger partial charge in [-0.3, -0.25) is 9.59 Å². The number of amides is 2. The molecule has 0 spiro atoms. The first kappa shape index (κ1) is 16.2. The first-order valence-electron chi connectivity index (χ1n) is 8.19. The summed E-state index contributed by atoms with van der Waals surface area (Å²) < 4.78 is 0. The molecule has 1 fully saturated rings. The number of aryl methyl sites for hydroxylation is 2. The summed E-state index contributed by atoms with van der Waals surface area (Å²) >= 11 is 0. The summed E-state index contributed by atoms with van der Waals surface area (Å²) in [5, 5.41) is 2.81. The molecular formula is C20H22N2O2. The molecule has 2 aromatic rings. The molecule has 0 aromatic heterocycles. The second kappa shape index (κ2) is 6.48. The Morgan fingerprint density at radius 2 is 1.79 bits per heavy atom. The van der Waals surface area contributed by atoms with Crippen LogP contribution in [0.3, 0.4) is 0 Å². The fourth-order valence-electron chi connectivity index (χ4n) is 3.06. The van der Waals surface area contributed by atoms with Crippen molar-refractivity contribution in [1.29, 1.82) is 0 Å². The van der Waals surface area contributed by atoms with Crippen LogP contribution in [0.5, 0.6) is 0 Å². The molecule has 124 valence electrons. The minimum Gasteiger partial charge on any atom is -0.368 e. The summed E-state index contributed by atoms with van der Waals surface area (Å²) in [5.74, 6) is -0.505. The van der Waals surface area contributed by atoms with E-state index in [4.69, 9.17) is 5.73 Å². The van der Waals surface area contributed by atoms with Crippen molar-refractivity contribution >= 4 is 11.8 Å². The largest absolute Gasteiger partial charge is 0.368 e. The van der Waals surface area contributed by atoms with E-state index in [0.29, 0.717) is 5.56 Å². The molecule has 1 aliphatic rings. The maximum atomic E-state index is 12.5. The van der Waals surface area contributed by atoms with Crippen LogP contribution >= 0.6 is 0 Å². The van der Waals surface area contributed by atoms with Gasteiger partial charge in [0.25, 0.3) is 0 Å². The van der Waals surface area contributed by atoms with Crippen molar-refractivity contribution in [2.75, 3.05) is 0 Å². The van der Waals surface area contributed by atoms with Gasteiger partial charge in [0.05, 0.1) is 0 Å². The van der Waals surface area contributed by atoms with Crippen molar-refractivity contribution < 1.29 is 9.59 Å². The van der Waals surface area contributed by atoms with E-state index in [2.05, 4.69) is 37.4 Å². The van der Waals surface area contributed by atoms with E-state index in [9.17, 15) is 9.59 Å². The van der Waals surface area contributed by atoms with Gasteiger partial charge in [0.1, 0.15) is 6.04 Å². The number of hydrogen-bond donors (Lipinski definition) is 2. The highest BCUT2D eigenvalue weighted by atomic mass is 16.2. The van der Waals surface area contributed by atoms with E-state index < -0.39 is 11.9 Å². The molecule has 0 aliphatic heterocycles. The summed E-state index contributed by atoms with van der Waals surface area (Å²) in [6, 6.07) is 14.7. The Balaban J connectivity index is 1.69. The Hall–Kier alpha value is -2.62. The zero-order valence-electron chi connectivity index (χ0n) is 14.0. The molecule has 0 unspecified atom stereocenters. The Labute approximate surface area is 142 Å². The van der Waals surface area contributed by atoms with Gasteiger partial charge in [0.2, 0.25) is 11.8 Å². The number of nitrogens with two attached hydrogens (primary N) is 1. The van der Waals surface area contributed by atoms with Crippen LogP contribution in [-0.2, 0) is 9.59 Å². The van der Waals surface area contributed by atoms with E-state index in [1.807, 2.05) is 18.2 Å². The normalized spacial score (nSPS) is 20.2. The van der Waals surface area contributed by atoms with Crippen molar-refractivity contribution in [3.8, 4) is 0 Å². The quantitative estimate of drug-likeness (QED) is 0.888. The molecular weight excluding hydrogens is 300 g/mol. The third-order valence-corrected chi connectivity index (χ3v) is 4.79. The van der Waals surface area contributed by atoms with E-state index in [1.54, 1.807) is 12.1 Å². The zero-order chi connectivity index (χ0) is 17.3. The molecule has 2 aromatic carbocycles. The predicted molar refractivity (Wildman–Crippen MR) is 93.3 cm³/mol. The van der Waals surface area contributed by atoms with E-state index in [0.717, 1.165) is 6.42 Å². The molecule has 3 N–H and O–H groups in total. The van der Waals surface area contributed by atoms with Crippen LogP contribution in [-0.4, -0.2) is 11.8 Å². The summed E-state index contributed by atoms with van der Waals surface area (Å²) in [6.45, 7) is 4.16. The third-order valence-electron chi connectivity index (χ3n) is 4.79. The summed E-state index contributed by atoms with van der Waals surface area (Å²) in [4.78, 5) is 24.2. The van der Waals surface area contributed by atoms with Crippen LogP contribution in [0.25, 0.3) is 0 Å². The van der Waals surface area contributed by atoms with Crippen molar-refractivity contribution in [3.05, 3.63) is 70.8 Å². The van der Waals surface area contributed by atoms with E-state index >= 15 is 0 Å². The average Bonchev–Trinajstić information content (AvgIpc) is 3.36. The summed E-state index contributed by atoms with van der Waals surface area (Å²) in [6.07, 6.45) is 0.814. The molecule has 3 atom stereocenters. The molecule has 0 bridgehead atoms. The van der Waals surface area contributed by atoms with Crippen molar-refractivity contribution in [1.82, 2.24) is 5.32 Å². The Kier molecular flexibility index (Phi) is 4.38. The van der Waals surface area contributed by atoms with Crippen LogP contribution in [0.4, 0.5) is 0 Å². The Morgan fingerprint density at radius 1 is 1.08 bits per heavy atom. The number of carbonyl (C=O) groups is 2. The molecule has 3 rings (SSSR count). The number of carbonyl (C=O) groups excluding carboxylic acids is 2. The van der Waals surface area contributed by atoms with Crippen molar-refractivity contribution in [3.63, 3.8) is 0 Å². The van der Waals surface area contributed by atoms with Crippen LogP contribution in [0.15, 0.2) is 48.5 Å². The molecule has 0 saturated heterocycles. The molecule has 24 heavy (non-hydrogen) atoms. The number of hydrogen-bond acceptors (Lipinski definition) is 2. The first-order chi connectivity index (χ1) is 11.5. The second-order valence-corrected chi connectivity index (χ2v) is 6.55. The number of rotatable bonds is 5. The Morgan fingerprint density at radius 3 is 2.42 bits per heavy atom. The fraction of sp³-hybridized carbons (Fsp3) is 0.300. The van der Waals surface area contributed by atoms with Crippen LogP contribution < -0.4 is 11.1 Å². The lowest BCUT2D eigenvalue weighted by Gasteiger charge is -2.16. The maximum absolute atomic E-state index is 12.5. The molecule has 1 saturated carbocycles. The van der Waals surface area contributed by atoms with Gasteiger partial charge in [-0.2, -0.15) is 0 Å². The minimum absolute atomic E-state index is 0.0855. The van der Waals surface area contributed by atoms with Crippen LogP contribution in [0.2, 0.25) is 0 Å². The first-order valence-corrected chi connectivity index (χ1v) is 8.19. The molecule has 1 aliphatic carbocycles. The molecule has 4 nitrogen and oxygen atoms in total. The number of nitrogens with one attached hydrogen (secondary N) is 1. The highest BCUT2D eigenvalue weighted by molar-refractivity contribution is 5.90. The van der Waals surface area contributed by atoms with E-state index in [1.165, 1.54) is 16.7 Å².